The first kappa shape index (κ1) is 16.8. The Balaban J connectivity index is 1.66. The van der Waals surface area contributed by atoms with Gasteiger partial charge in [0.15, 0.2) is 11.6 Å². The summed E-state index contributed by atoms with van der Waals surface area (Å²) in [5, 5.41) is 2.68. The molecule has 25 heavy (non-hydrogen) atoms. The van der Waals surface area contributed by atoms with E-state index in [1.807, 2.05) is 0 Å². The summed E-state index contributed by atoms with van der Waals surface area (Å²) in [5.41, 5.74) is 0.379. The summed E-state index contributed by atoms with van der Waals surface area (Å²) in [4.78, 5) is 17.4. The number of benzene rings is 2. The van der Waals surface area contributed by atoms with E-state index in [4.69, 9.17) is 4.74 Å². The number of carbonyl (C=O) groups excluding carboxylic acids is 1. The summed E-state index contributed by atoms with van der Waals surface area (Å²) < 4.78 is 35.9. The lowest BCUT2D eigenvalue weighted by atomic mass is 10.3. The fourth-order valence-corrected chi connectivity index (χ4v) is 2.40. The topological polar surface area (TPSA) is 67.4 Å². The standard InChI is InChI=1S/C16H12F2N4O2S/c1-22(11-6-4-5-10(17)9-11)16(23)20-15-19-14(21-25-15)24-13-8-3-2-7-12(13)18/h2-9H,1H3,(H,19,20,21,23). The van der Waals surface area contributed by atoms with Gasteiger partial charge in [0.25, 0.3) is 0 Å². The van der Waals surface area contributed by atoms with Gasteiger partial charge in [0, 0.05) is 24.3 Å². The van der Waals surface area contributed by atoms with Crippen molar-refractivity contribution in [3.63, 3.8) is 0 Å². The van der Waals surface area contributed by atoms with Crippen molar-refractivity contribution in [1.29, 1.82) is 0 Å². The first-order valence-corrected chi connectivity index (χ1v) is 7.86. The molecular formula is C16H12F2N4O2S. The Morgan fingerprint density at radius 3 is 2.76 bits per heavy atom. The van der Waals surface area contributed by atoms with E-state index in [0.29, 0.717) is 5.69 Å². The number of nitrogens with one attached hydrogen (secondary N) is 1. The molecule has 6 nitrogen and oxygen atoms in total. The van der Waals surface area contributed by atoms with Crippen molar-refractivity contribution < 1.29 is 18.3 Å². The summed E-state index contributed by atoms with van der Waals surface area (Å²) in [6.07, 6.45) is 0. The number of rotatable bonds is 4. The average molecular weight is 362 g/mol. The molecule has 3 aromatic rings. The minimum Gasteiger partial charge on any atom is -0.420 e. The van der Waals surface area contributed by atoms with Gasteiger partial charge in [-0.25, -0.2) is 13.6 Å². The Labute approximate surface area is 145 Å². The number of urea groups is 1. The fourth-order valence-electron chi connectivity index (χ4n) is 1.91. The Bertz CT molecular complexity index is 903. The number of nitrogens with zero attached hydrogens (tertiary/aromatic N) is 3. The second-order valence-corrected chi connectivity index (χ2v) is 5.64. The molecule has 0 aliphatic rings. The molecule has 1 aromatic heterocycles. The van der Waals surface area contributed by atoms with Crippen LogP contribution in [0.5, 0.6) is 11.8 Å². The zero-order chi connectivity index (χ0) is 17.8. The number of aromatic nitrogens is 2. The first-order valence-electron chi connectivity index (χ1n) is 7.09. The van der Waals surface area contributed by atoms with Crippen LogP contribution in [0.25, 0.3) is 0 Å². The van der Waals surface area contributed by atoms with Gasteiger partial charge >= 0.3 is 12.0 Å². The van der Waals surface area contributed by atoms with Gasteiger partial charge in [-0.15, -0.1) is 4.37 Å². The Kier molecular flexibility index (Phi) is 4.85. The number of ether oxygens (including phenoxy) is 1. The molecular weight excluding hydrogens is 350 g/mol. The van der Waals surface area contributed by atoms with Crippen molar-refractivity contribution in [2.24, 2.45) is 0 Å². The normalized spacial score (nSPS) is 10.4. The molecule has 2 amide bonds. The van der Waals surface area contributed by atoms with Gasteiger partial charge in [0.05, 0.1) is 0 Å². The highest BCUT2D eigenvalue weighted by Gasteiger charge is 2.15. The second-order valence-electron chi connectivity index (χ2n) is 4.88. The predicted molar refractivity (Wildman–Crippen MR) is 90.2 cm³/mol. The molecule has 3 rings (SSSR count). The largest absolute Gasteiger partial charge is 0.420 e. The van der Waals surface area contributed by atoms with Crippen LogP contribution in [-0.4, -0.2) is 22.4 Å². The third kappa shape index (κ3) is 4.07. The van der Waals surface area contributed by atoms with Gasteiger partial charge in [-0.2, -0.15) is 4.98 Å². The molecule has 1 N–H and O–H groups in total. The minimum atomic E-state index is -0.547. The van der Waals surface area contributed by atoms with Crippen LogP contribution >= 0.6 is 11.5 Å². The maximum atomic E-state index is 13.5. The number of carbonyl (C=O) groups is 1. The molecule has 0 unspecified atom stereocenters. The van der Waals surface area contributed by atoms with Gasteiger partial charge in [-0.1, -0.05) is 18.2 Å². The van der Waals surface area contributed by atoms with Crippen LogP contribution in [0.15, 0.2) is 48.5 Å². The first-order chi connectivity index (χ1) is 12.0. The van der Waals surface area contributed by atoms with Crippen LogP contribution in [0, 0.1) is 11.6 Å². The van der Waals surface area contributed by atoms with Crippen LogP contribution in [0.2, 0.25) is 0 Å². The molecule has 0 aliphatic carbocycles. The second kappa shape index (κ2) is 7.22. The van der Waals surface area contributed by atoms with Crippen molar-refractivity contribution in [3.8, 4) is 11.8 Å². The molecule has 2 aromatic carbocycles. The molecule has 9 heteroatoms. The summed E-state index contributed by atoms with van der Waals surface area (Å²) in [7, 11) is 1.49. The third-order valence-electron chi connectivity index (χ3n) is 3.16. The van der Waals surface area contributed by atoms with E-state index in [2.05, 4.69) is 14.7 Å². The average Bonchev–Trinajstić information content (AvgIpc) is 3.03. The SMILES string of the molecule is CN(C(=O)Nc1nc(Oc2ccccc2F)ns1)c1cccc(F)c1. The molecule has 128 valence electrons. The molecule has 0 saturated carbocycles. The highest BCUT2D eigenvalue weighted by Crippen LogP contribution is 2.25. The molecule has 0 bridgehead atoms. The lowest BCUT2D eigenvalue weighted by molar-refractivity contribution is 0.258. The number of anilines is 2. The number of amides is 2. The van der Waals surface area contributed by atoms with Crippen molar-refractivity contribution >= 4 is 28.4 Å². The van der Waals surface area contributed by atoms with Crippen molar-refractivity contribution in [2.45, 2.75) is 0 Å². The minimum absolute atomic E-state index is 0.0185. The van der Waals surface area contributed by atoms with Gasteiger partial charge in [0.1, 0.15) is 5.82 Å². The molecule has 0 fully saturated rings. The quantitative estimate of drug-likeness (QED) is 0.752. The smallest absolute Gasteiger partial charge is 0.335 e. The zero-order valence-electron chi connectivity index (χ0n) is 12.9. The van der Waals surface area contributed by atoms with E-state index in [0.717, 1.165) is 11.5 Å². The molecule has 0 aliphatic heterocycles. The lowest BCUT2D eigenvalue weighted by Gasteiger charge is -2.16. The van der Waals surface area contributed by atoms with E-state index >= 15 is 0 Å². The van der Waals surface area contributed by atoms with Gasteiger partial charge in [-0.05, 0) is 30.3 Å². The van der Waals surface area contributed by atoms with Gasteiger partial charge < -0.3 is 4.74 Å². The summed E-state index contributed by atoms with van der Waals surface area (Å²) in [6, 6.07) is 10.8. The third-order valence-corrected chi connectivity index (χ3v) is 3.77. The predicted octanol–water partition coefficient (Wildman–Crippen LogP) is 4.28. The highest BCUT2D eigenvalue weighted by atomic mass is 32.1. The fraction of sp³-hybridized carbons (Fsp3) is 0.0625. The molecule has 0 saturated heterocycles. The van der Waals surface area contributed by atoms with Crippen LogP contribution in [0.4, 0.5) is 24.4 Å². The van der Waals surface area contributed by atoms with E-state index < -0.39 is 17.7 Å². The monoisotopic (exact) mass is 362 g/mol. The molecule has 0 radical (unpaired) electrons. The van der Waals surface area contributed by atoms with E-state index in [1.165, 1.54) is 48.3 Å². The molecule has 0 atom stereocenters. The maximum absolute atomic E-state index is 13.5. The van der Waals surface area contributed by atoms with Crippen molar-refractivity contribution in [3.05, 3.63) is 60.2 Å². The van der Waals surface area contributed by atoms with Crippen molar-refractivity contribution in [2.75, 3.05) is 17.3 Å². The maximum Gasteiger partial charge on any atom is 0.335 e. The summed E-state index contributed by atoms with van der Waals surface area (Å²) >= 11 is 0.877. The number of hydrogen-bond donors (Lipinski definition) is 1. The van der Waals surface area contributed by atoms with E-state index in [9.17, 15) is 13.6 Å². The summed E-state index contributed by atoms with van der Waals surface area (Å²) in [6.45, 7) is 0. The van der Waals surface area contributed by atoms with E-state index in [-0.39, 0.29) is 16.9 Å². The van der Waals surface area contributed by atoms with Gasteiger partial charge in [0.2, 0.25) is 5.13 Å². The van der Waals surface area contributed by atoms with Crippen LogP contribution in [-0.2, 0) is 0 Å². The zero-order valence-corrected chi connectivity index (χ0v) is 13.8. The van der Waals surface area contributed by atoms with Crippen LogP contribution < -0.4 is 15.0 Å². The highest BCUT2D eigenvalue weighted by molar-refractivity contribution is 7.10. The Morgan fingerprint density at radius 2 is 2.00 bits per heavy atom. The Hall–Kier alpha value is -3.07. The summed E-state index contributed by atoms with van der Waals surface area (Å²) in [5.74, 6) is -1.02. The number of hydrogen-bond acceptors (Lipinski definition) is 5. The van der Waals surface area contributed by atoms with Crippen molar-refractivity contribution in [1.82, 2.24) is 9.36 Å². The lowest BCUT2D eigenvalue weighted by Crippen LogP contribution is -2.31. The van der Waals surface area contributed by atoms with Crippen LogP contribution in [0.3, 0.4) is 0 Å². The van der Waals surface area contributed by atoms with Gasteiger partial charge in [-0.3, -0.25) is 10.2 Å². The molecule has 1 heterocycles. The number of halogens is 2. The van der Waals surface area contributed by atoms with Crippen LogP contribution in [0.1, 0.15) is 0 Å². The number of para-hydroxylation sites is 1. The molecule has 0 spiro atoms. The Morgan fingerprint density at radius 1 is 1.20 bits per heavy atom. The van der Waals surface area contributed by atoms with E-state index in [1.54, 1.807) is 12.1 Å².